The quantitative estimate of drug-likeness (QED) is 0.678. The van der Waals surface area contributed by atoms with Crippen LogP contribution in [-0.2, 0) is 12.8 Å². The van der Waals surface area contributed by atoms with Crippen LogP contribution in [0.4, 0.5) is 0 Å². The molecule has 3 rings (SSSR count). The first-order chi connectivity index (χ1) is 10.7. The monoisotopic (exact) mass is 296 g/mol. The van der Waals surface area contributed by atoms with Gasteiger partial charge in [0.25, 0.3) is 0 Å². The van der Waals surface area contributed by atoms with Crippen molar-refractivity contribution in [3.8, 4) is 11.5 Å². The molecule has 114 valence electrons. The number of ether oxygens (including phenoxy) is 1. The molecular formula is C18H20N2O2. The Balaban J connectivity index is 2.01. The van der Waals surface area contributed by atoms with Gasteiger partial charge in [-0.3, -0.25) is 0 Å². The molecule has 0 aliphatic heterocycles. The van der Waals surface area contributed by atoms with E-state index in [0.717, 1.165) is 23.9 Å². The van der Waals surface area contributed by atoms with Gasteiger partial charge in [0.2, 0.25) is 0 Å². The highest BCUT2D eigenvalue weighted by Crippen LogP contribution is 2.29. The lowest BCUT2D eigenvalue weighted by atomic mass is 10.0. The fourth-order valence-electron chi connectivity index (χ4n) is 2.87. The van der Waals surface area contributed by atoms with Crippen LogP contribution in [-0.4, -0.2) is 23.7 Å². The topological polar surface area (TPSA) is 71.3 Å². The Kier molecular flexibility index (Phi) is 4.02. The lowest BCUT2D eigenvalue weighted by Gasteiger charge is -2.08. The van der Waals surface area contributed by atoms with E-state index in [1.807, 2.05) is 24.3 Å². The van der Waals surface area contributed by atoms with E-state index in [4.69, 9.17) is 10.5 Å². The first-order valence-corrected chi connectivity index (χ1v) is 7.37. The van der Waals surface area contributed by atoms with Gasteiger partial charge in [-0.05, 0) is 42.3 Å². The number of hydrogen-bond donors (Lipinski definition) is 3. The van der Waals surface area contributed by atoms with Crippen LogP contribution < -0.4 is 10.5 Å². The number of aromatic hydroxyl groups is 1. The second-order valence-electron chi connectivity index (χ2n) is 5.35. The van der Waals surface area contributed by atoms with Gasteiger partial charge in [-0.1, -0.05) is 24.3 Å². The van der Waals surface area contributed by atoms with Gasteiger partial charge in [-0.2, -0.15) is 0 Å². The average molecular weight is 296 g/mol. The molecule has 0 amide bonds. The summed E-state index contributed by atoms with van der Waals surface area (Å²) in [5.74, 6) is 0.652. The number of methoxy groups -OCH3 is 1. The van der Waals surface area contributed by atoms with Gasteiger partial charge >= 0.3 is 0 Å². The van der Waals surface area contributed by atoms with Crippen LogP contribution in [0.5, 0.6) is 11.5 Å². The number of H-pyrrole nitrogens is 1. The molecule has 2 aromatic carbocycles. The number of aromatic amines is 1. The van der Waals surface area contributed by atoms with Crippen molar-refractivity contribution in [3.05, 3.63) is 59.3 Å². The summed E-state index contributed by atoms with van der Waals surface area (Å²) in [6, 6.07) is 13.7. The number of rotatable bonds is 5. The number of nitrogens with one attached hydrogen (secondary N) is 1. The molecule has 4 nitrogen and oxygen atoms in total. The lowest BCUT2D eigenvalue weighted by Crippen LogP contribution is -2.05. The van der Waals surface area contributed by atoms with Gasteiger partial charge in [-0.15, -0.1) is 0 Å². The third-order valence-electron chi connectivity index (χ3n) is 3.92. The Labute approximate surface area is 129 Å². The minimum atomic E-state index is 0.157. The SMILES string of the molecule is COc1cc(Cc2[nH]c3ccccc3c2CCN)ccc1O. The highest BCUT2D eigenvalue weighted by Gasteiger charge is 2.12. The number of para-hydroxylation sites is 1. The maximum atomic E-state index is 9.70. The molecule has 3 aromatic rings. The molecule has 1 aromatic heterocycles. The van der Waals surface area contributed by atoms with Gasteiger partial charge in [0.1, 0.15) is 0 Å². The molecule has 0 fully saturated rings. The normalized spacial score (nSPS) is 11.0. The number of fused-ring (bicyclic) bond motifs is 1. The molecule has 0 radical (unpaired) electrons. The van der Waals surface area contributed by atoms with Crippen LogP contribution in [0, 0.1) is 0 Å². The van der Waals surface area contributed by atoms with Crippen molar-refractivity contribution in [1.29, 1.82) is 0 Å². The highest BCUT2D eigenvalue weighted by molar-refractivity contribution is 5.84. The Morgan fingerprint density at radius 1 is 1.18 bits per heavy atom. The van der Waals surface area contributed by atoms with Crippen LogP contribution in [0.2, 0.25) is 0 Å². The molecule has 1 heterocycles. The minimum absolute atomic E-state index is 0.157. The third kappa shape index (κ3) is 2.65. The predicted molar refractivity (Wildman–Crippen MR) is 88.5 cm³/mol. The maximum Gasteiger partial charge on any atom is 0.160 e. The van der Waals surface area contributed by atoms with Crippen LogP contribution in [0.25, 0.3) is 10.9 Å². The predicted octanol–water partition coefficient (Wildman–Crippen LogP) is 2.97. The maximum absolute atomic E-state index is 9.70. The summed E-state index contributed by atoms with van der Waals surface area (Å²) in [5, 5.41) is 10.9. The lowest BCUT2D eigenvalue weighted by molar-refractivity contribution is 0.373. The number of nitrogens with two attached hydrogens (primary N) is 1. The number of phenolic OH excluding ortho intramolecular Hbond substituents is 1. The summed E-state index contributed by atoms with van der Waals surface area (Å²) in [7, 11) is 1.56. The number of aromatic nitrogens is 1. The third-order valence-corrected chi connectivity index (χ3v) is 3.92. The van der Waals surface area contributed by atoms with Crippen LogP contribution >= 0.6 is 0 Å². The minimum Gasteiger partial charge on any atom is -0.504 e. The molecule has 0 bridgehead atoms. The van der Waals surface area contributed by atoms with Crippen LogP contribution in [0.1, 0.15) is 16.8 Å². The molecule has 4 heteroatoms. The largest absolute Gasteiger partial charge is 0.504 e. The first-order valence-electron chi connectivity index (χ1n) is 7.37. The Hall–Kier alpha value is -2.46. The van der Waals surface area contributed by atoms with Gasteiger partial charge in [-0.25, -0.2) is 0 Å². The van der Waals surface area contributed by atoms with E-state index >= 15 is 0 Å². The van der Waals surface area contributed by atoms with E-state index < -0.39 is 0 Å². The van der Waals surface area contributed by atoms with E-state index in [1.54, 1.807) is 13.2 Å². The van der Waals surface area contributed by atoms with Crippen molar-refractivity contribution in [1.82, 2.24) is 4.98 Å². The van der Waals surface area contributed by atoms with Crippen LogP contribution in [0.3, 0.4) is 0 Å². The zero-order chi connectivity index (χ0) is 15.5. The van der Waals surface area contributed by atoms with Crippen molar-refractivity contribution < 1.29 is 9.84 Å². The molecule has 0 spiro atoms. The second kappa shape index (κ2) is 6.12. The summed E-state index contributed by atoms with van der Waals surface area (Å²) >= 11 is 0. The van der Waals surface area contributed by atoms with E-state index in [0.29, 0.717) is 12.3 Å². The van der Waals surface area contributed by atoms with Gasteiger partial charge in [0.15, 0.2) is 11.5 Å². The molecule has 0 saturated heterocycles. The Morgan fingerprint density at radius 2 is 2.00 bits per heavy atom. The molecule has 0 unspecified atom stereocenters. The zero-order valence-corrected chi connectivity index (χ0v) is 12.6. The van der Waals surface area contributed by atoms with E-state index in [2.05, 4.69) is 17.1 Å². The van der Waals surface area contributed by atoms with Crippen molar-refractivity contribution in [3.63, 3.8) is 0 Å². The van der Waals surface area contributed by atoms with Crippen molar-refractivity contribution in [2.45, 2.75) is 12.8 Å². The van der Waals surface area contributed by atoms with Gasteiger partial charge in [0, 0.05) is 23.0 Å². The summed E-state index contributed by atoms with van der Waals surface area (Å²) in [5.41, 5.74) is 10.4. The first kappa shape index (κ1) is 14.5. The molecule has 0 saturated carbocycles. The summed E-state index contributed by atoms with van der Waals surface area (Å²) < 4.78 is 5.18. The molecule has 4 N–H and O–H groups in total. The van der Waals surface area contributed by atoms with Crippen LogP contribution in [0.15, 0.2) is 42.5 Å². The summed E-state index contributed by atoms with van der Waals surface area (Å²) in [6.07, 6.45) is 1.59. The standard InChI is InChI=1S/C18H20N2O2/c1-22-18-11-12(6-7-17(18)21)10-16-14(8-9-19)13-4-2-3-5-15(13)20-16/h2-7,11,20-21H,8-10,19H2,1H3. The van der Waals surface area contributed by atoms with E-state index in [9.17, 15) is 5.11 Å². The highest BCUT2D eigenvalue weighted by atomic mass is 16.5. The van der Waals surface area contributed by atoms with Crippen molar-refractivity contribution in [2.24, 2.45) is 5.73 Å². The Morgan fingerprint density at radius 3 is 2.77 bits per heavy atom. The van der Waals surface area contributed by atoms with Gasteiger partial charge in [0.05, 0.1) is 7.11 Å². The molecule has 0 atom stereocenters. The number of phenols is 1. The molecule has 22 heavy (non-hydrogen) atoms. The van der Waals surface area contributed by atoms with Crippen molar-refractivity contribution in [2.75, 3.05) is 13.7 Å². The second-order valence-corrected chi connectivity index (χ2v) is 5.35. The Bertz CT molecular complexity index is 793. The molecule has 0 aliphatic carbocycles. The zero-order valence-electron chi connectivity index (χ0n) is 12.6. The molecular weight excluding hydrogens is 276 g/mol. The smallest absolute Gasteiger partial charge is 0.160 e. The van der Waals surface area contributed by atoms with E-state index in [1.165, 1.54) is 16.6 Å². The number of hydrogen-bond acceptors (Lipinski definition) is 3. The van der Waals surface area contributed by atoms with Crippen molar-refractivity contribution >= 4 is 10.9 Å². The summed E-state index contributed by atoms with van der Waals surface area (Å²) in [4.78, 5) is 3.49. The molecule has 0 aliphatic rings. The fraction of sp³-hybridized carbons (Fsp3) is 0.222. The average Bonchev–Trinajstić information content (AvgIpc) is 2.87. The van der Waals surface area contributed by atoms with Gasteiger partial charge < -0.3 is 20.6 Å². The van der Waals surface area contributed by atoms with E-state index in [-0.39, 0.29) is 5.75 Å². The summed E-state index contributed by atoms with van der Waals surface area (Å²) in [6.45, 7) is 0.619. The number of benzene rings is 2. The fourth-order valence-corrected chi connectivity index (χ4v) is 2.87.